The van der Waals surface area contributed by atoms with E-state index in [4.69, 9.17) is 9.26 Å². The van der Waals surface area contributed by atoms with E-state index in [1.54, 1.807) is 7.11 Å². The molecule has 0 spiro atoms. The fourth-order valence-electron chi connectivity index (χ4n) is 2.65. The number of hydrogen-bond acceptors (Lipinski definition) is 7. The summed E-state index contributed by atoms with van der Waals surface area (Å²) in [6.45, 7) is 6.02. The van der Waals surface area contributed by atoms with Gasteiger partial charge in [0.1, 0.15) is 5.75 Å². The van der Waals surface area contributed by atoms with Crippen LogP contribution in [0, 0.1) is 6.92 Å². The summed E-state index contributed by atoms with van der Waals surface area (Å²) < 4.78 is 10.4. The quantitative estimate of drug-likeness (QED) is 0.594. The van der Waals surface area contributed by atoms with Crippen molar-refractivity contribution in [2.45, 2.75) is 46.0 Å². The average molecular weight is 401 g/mol. The van der Waals surface area contributed by atoms with E-state index in [0.29, 0.717) is 36.1 Å². The number of carbonyl (C=O) groups excluding carboxylic acids is 1. The van der Waals surface area contributed by atoms with Crippen molar-refractivity contribution in [2.75, 3.05) is 12.4 Å². The van der Waals surface area contributed by atoms with Crippen molar-refractivity contribution >= 4 is 22.4 Å². The molecular weight excluding hydrogens is 376 g/mol. The van der Waals surface area contributed by atoms with Crippen LogP contribution >= 0.6 is 11.3 Å². The first-order valence-electron chi connectivity index (χ1n) is 9.20. The Morgan fingerprint density at radius 1 is 1.25 bits per heavy atom. The van der Waals surface area contributed by atoms with Gasteiger partial charge in [-0.05, 0) is 37.6 Å². The van der Waals surface area contributed by atoms with Crippen LogP contribution in [0.2, 0.25) is 0 Å². The maximum Gasteiger partial charge on any atom is 0.226 e. The number of carbonyl (C=O) groups is 1. The second-order valence-electron chi connectivity index (χ2n) is 6.76. The first-order chi connectivity index (χ1) is 13.5. The highest BCUT2D eigenvalue weighted by Crippen LogP contribution is 2.31. The Hall–Kier alpha value is -2.74. The number of thiazole rings is 1. The standard InChI is InChI=1S/C20H24N4O3S/c1-12(2)19-22-17(27-24-19)7-5-6-16(25)21-20-23-18(13(3)28-20)14-8-10-15(26-4)11-9-14/h8-12H,5-7H2,1-4H3,(H,21,23,25). The molecule has 3 rings (SSSR count). The Balaban J connectivity index is 1.53. The number of ether oxygens (including phenoxy) is 1. The average Bonchev–Trinajstić information content (AvgIpc) is 3.28. The molecule has 0 bridgehead atoms. The normalized spacial score (nSPS) is 11.0. The number of aromatic nitrogens is 3. The molecule has 0 aliphatic carbocycles. The molecule has 7 nitrogen and oxygen atoms in total. The van der Waals surface area contributed by atoms with E-state index in [2.05, 4.69) is 20.4 Å². The van der Waals surface area contributed by atoms with Crippen LogP contribution in [-0.4, -0.2) is 28.1 Å². The molecule has 0 aliphatic heterocycles. The van der Waals surface area contributed by atoms with Gasteiger partial charge in [-0.25, -0.2) is 4.98 Å². The Labute approximate surface area is 168 Å². The topological polar surface area (TPSA) is 90.1 Å². The van der Waals surface area contributed by atoms with E-state index >= 15 is 0 Å². The van der Waals surface area contributed by atoms with Crippen molar-refractivity contribution in [2.24, 2.45) is 0 Å². The van der Waals surface area contributed by atoms with Crippen LogP contribution < -0.4 is 10.1 Å². The summed E-state index contributed by atoms with van der Waals surface area (Å²) in [6.07, 6.45) is 1.60. The van der Waals surface area contributed by atoms with Gasteiger partial charge in [-0.3, -0.25) is 4.79 Å². The number of anilines is 1. The first kappa shape index (κ1) is 20.0. The lowest BCUT2D eigenvalue weighted by molar-refractivity contribution is -0.116. The van der Waals surface area contributed by atoms with Gasteiger partial charge < -0.3 is 14.6 Å². The predicted octanol–water partition coefficient (Wildman–Crippen LogP) is 4.59. The summed E-state index contributed by atoms with van der Waals surface area (Å²) in [4.78, 5) is 22.2. The van der Waals surface area contributed by atoms with Crippen molar-refractivity contribution in [3.05, 3.63) is 40.9 Å². The molecule has 1 amide bonds. The number of rotatable bonds is 8. The minimum atomic E-state index is -0.0707. The number of nitrogens with zero attached hydrogens (tertiary/aromatic N) is 3. The van der Waals surface area contributed by atoms with Gasteiger partial charge in [0.15, 0.2) is 11.0 Å². The molecule has 0 fully saturated rings. The molecule has 0 unspecified atom stereocenters. The van der Waals surface area contributed by atoms with Crippen LogP contribution in [0.3, 0.4) is 0 Å². The largest absolute Gasteiger partial charge is 0.497 e. The highest BCUT2D eigenvalue weighted by molar-refractivity contribution is 7.16. The zero-order chi connectivity index (χ0) is 20.1. The third-order valence-corrected chi connectivity index (χ3v) is 5.09. The smallest absolute Gasteiger partial charge is 0.226 e. The van der Waals surface area contributed by atoms with Gasteiger partial charge in [0, 0.05) is 29.2 Å². The lowest BCUT2D eigenvalue weighted by Crippen LogP contribution is -2.11. The zero-order valence-corrected chi connectivity index (χ0v) is 17.3. The van der Waals surface area contributed by atoms with Gasteiger partial charge in [-0.1, -0.05) is 19.0 Å². The minimum absolute atomic E-state index is 0.0707. The molecule has 1 N–H and O–H groups in total. The second kappa shape index (κ2) is 8.97. The molecule has 2 heterocycles. The molecule has 0 radical (unpaired) electrons. The minimum Gasteiger partial charge on any atom is -0.497 e. The molecule has 1 aromatic carbocycles. The molecule has 148 valence electrons. The van der Waals surface area contributed by atoms with Gasteiger partial charge in [-0.2, -0.15) is 4.98 Å². The highest BCUT2D eigenvalue weighted by atomic mass is 32.1. The summed E-state index contributed by atoms with van der Waals surface area (Å²) in [7, 11) is 1.64. The third kappa shape index (κ3) is 4.95. The Kier molecular flexibility index (Phi) is 6.41. The highest BCUT2D eigenvalue weighted by Gasteiger charge is 2.13. The lowest BCUT2D eigenvalue weighted by atomic mass is 10.1. The van der Waals surface area contributed by atoms with Crippen LogP contribution in [0.1, 0.15) is 49.2 Å². The molecule has 0 saturated heterocycles. The number of aryl methyl sites for hydroxylation is 2. The van der Waals surface area contributed by atoms with E-state index in [-0.39, 0.29) is 11.8 Å². The van der Waals surface area contributed by atoms with E-state index in [9.17, 15) is 4.79 Å². The third-order valence-electron chi connectivity index (χ3n) is 4.20. The zero-order valence-electron chi connectivity index (χ0n) is 16.5. The molecule has 28 heavy (non-hydrogen) atoms. The van der Waals surface area contributed by atoms with Crippen LogP contribution in [0.5, 0.6) is 5.75 Å². The molecule has 3 aromatic rings. The molecule has 8 heteroatoms. The lowest BCUT2D eigenvalue weighted by Gasteiger charge is -2.02. The number of amides is 1. The molecule has 0 saturated carbocycles. The van der Waals surface area contributed by atoms with Gasteiger partial charge in [0.2, 0.25) is 11.8 Å². The fourth-order valence-corrected chi connectivity index (χ4v) is 3.50. The molecule has 0 atom stereocenters. The number of hydrogen-bond donors (Lipinski definition) is 1. The predicted molar refractivity (Wildman–Crippen MR) is 109 cm³/mol. The summed E-state index contributed by atoms with van der Waals surface area (Å²) >= 11 is 1.47. The van der Waals surface area contributed by atoms with Crippen molar-refractivity contribution < 1.29 is 14.1 Å². The van der Waals surface area contributed by atoms with Gasteiger partial charge in [0.05, 0.1) is 12.8 Å². The maximum atomic E-state index is 12.2. The number of nitrogens with one attached hydrogen (secondary N) is 1. The molecule has 0 aliphatic rings. The van der Waals surface area contributed by atoms with Crippen molar-refractivity contribution in [1.29, 1.82) is 0 Å². The Morgan fingerprint density at radius 3 is 2.64 bits per heavy atom. The van der Waals surface area contributed by atoms with Crippen molar-refractivity contribution in [3.63, 3.8) is 0 Å². The van der Waals surface area contributed by atoms with Crippen LogP contribution in [0.15, 0.2) is 28.8 Å². The number of benzene rings is 1. The van der Waals surface area contributed by atoms with Crippen LogP contribution in [0.4, 0.5) is 5.13 Å². The first-order valence-corrected chi connectivity index (χ1v) is 10.0. The Morgan fingerprint density at radius 2 is 2.00 bits per heavy atom. The van der Waals surface area contributed by atoms with Crippen molar-refractivity contribution in [3.8, 4) is 17.0 Å². The monoisotopic (exact) mass is 400 g/mol. The van der Waals surface area contributed by atoms with E-state index < -0.39 is 0 Å². The van der Waals surface area contributed by atoms with Gasteiger partial charge >= 0.3 is 0 Å². The van der Waals surface area contributed by atoms with Crippen LogP contribution in [-0.2, 0) is 11.2 Å². The second-order valence-corrected chi connectivity index (χ2v) is 7.96. The van der Waals surface area contributed by atoms with E-state index in [1.807, 2.05) is 45.0 Å². The SMILES string of the molecule is COc1ccc(-c2nc(NC(=O)CCCc3nc(C(C)C)no3)sc2C)cc1. The molecular formula is C20H24N4O3S. The van der Waals surface area contributed by atoms with Crippen molar-refractivity contribution in [1.82, 2.24) is 15.1 Å². The van der Waals surface area contributed by atoms with Gasteiger partial charge in [0.25, 0.3) is 0 Å². The van der Waals surface area contributed by atoms with E-state index in [0.717, 1.165) is 21.9 Å². The summed E-state index contributed by atoms with van der Waals surface area (Å²) in [5.74, 6) is 2.23. The fraction of sp³-hybridized carbons (Fsp3) is 0.400. The summed E-state index contributed by atoms with van der Waals surface area (Å²) in [5, 5.41) is 7.42. The van der Waals surface area contributed by atoms with Gasteiger partial charge in [-0.15, -0.1) is 11.3 Å². The summed E-state index contributed by atoms with van der Waals surface area (Å²) in [5.41, 5.74) is 1.86. The molecule has 2 aromatic heterocycles. The Bertz CT molecular complexity index is 931. The number of methoxy groups -OCH3 is 1. The summed E-state index contributed by atoms with van der Waals surface area (Å²) in [6, 6.07) is 7.72. The van der Waals surface area contributed by atoms with E-state index in [1.165, 1.54) is 11.3 Å². The maximum absolute atomic E-state index is 12.2. The van der Waals surface area contributed by atoms with Crippen LogP contribution in [0.25, 0.3) is 11.3 Å².